The number of rotatable bonds is 63. The Morgan fingerprint density at radius 1 is 0.349 bits per heavy atom. The zero-order valence-electron chi connectivity index (χ0n) is 53.5. The van der Waals surface area contributed by atoms with E-state index in [4.69, 9.17) is 37.0 Å². The molecule has 0 amide bonds. The van der Waals surface area contributed by atoms with Crippen molar-refractivity contribution in [2.75, 3.05) is 39.6 Å². The van der Waals surface area contributed by atoms with Crippen molar-refractivity contribution >= 4 is 39.5 Å². The van der Waals surface area contributed by atoms with Gasteiger partial charge in [0.1, 0.15) is 19.3 Å². The highest BCUT2D eigenvalue weighted by Crippen LogP contribution is 2.45. The minimum absolute atomic E-state index is 0.105. The molecule has 0 fully saturated rings. The summed E-state index contributed by atoms with van der Waals surface area (Å²) in [5.41, 5.74) is 0. The predicted octanol–water partition coefficient (Wildman–Crippen LogP) is 17.7. The van der Waals surface area contributed by atoms with Crippen LogP contribution in [0.1, 0.15) is 318 Å². The summed E-state index contributed by atoms with van der Waals surface area (Å²) in [6, 6.07) is 0. The van der Waals surface area contributed by atoms with Crippen LogP contribution in [0.4, 0.5) is 0 Å². The van der Waals surface area contributed by atoms with E-state index in [0.717, 1.165) is 115 Å². The number of ether oxygens (including phenoxy) is 4. The molecule has 3 unspecified atom stereocenters. The van der Waals surface area contributed by atoms with Crippen molar-refractivity contribution in [2.24, 2.45) is 11.8 Å². The van der Waals surface area contributed by atoms with Crippen LogP contribution in [0.3, 0.4) is 0 Å². The number of carbonyl (C=O) groups is 4. The molecule has 0 saturated carbocycles. The summed E-state index contributed by atoms with van der Waals surface area (Å²) < 4.78 is 67.9. The van der Waals surface area contributed by atoms with Gasteiger partial charge >= 0.3 is 39.5 Å². The Morgan fingerprint density at radius 2 is 0.614 bits per heavy atom. The van der Waals surface area contributed by atoms with Crippen LogP contribution in [0, 0.1) is 11.8 Å². The van der Waals surface area contributed by atoms with E-state index < -0.39 is 97.5 Å². The van der Waals surface area contributed by atoms with Gasteiger partial charge in [0.25, 0.3) is 0 Å². The molecule has 0 bridgehead atoms. The quantitative estimate of drug-likeness (QED) is 0.0222. The number of hydrogen-bond acceptors (Lipinski definition) is 15. The van der Waals surface area contributed by atoms with Gasteiger partial charge in [-0.2, -0.15) is 0 Å². The first-order valence-corrected chi connectivity index (χ1v) is 36.5. The molecule has 0 spiro atoms. The molecule has 19 heteroatoms. The summed E-state index contributed by atoms with van der Waals surface area (Å²) in [6.07, 6.45) is 38.9. The normalized spacial score (nSPS) is 14.6. The second kappa shape index (κ2) is 56.6. The van der Waals surface area contributed by atoms with Crippen LogP contribution in [-0.4, -0.2) is 96.7 Å². The Kier molecular flexibility index (Phi) is 55.2. The first kappa shape index (κ1) is 81.1. The molecule has 0 saturated heterocycles. The molecule has 0 aliphatic rings. The molecule has 83 heavy (non-hydrogen) atoms. The smallest absolute Gasteiger partial charge is 0.462 e. The van der Waals surface area contributed by atoms with Crippen LogP contribution >= 0.6 is 15.6 Å². The number of unbranched alkanes of at least 4 members (excludes halogenated alkanes) is 32. The minimum Gasteiger partial charge on any atom is -0.462 e. The fourth-order valence-corrected chi connectivity index (χ4v) is 11.1. The number of aliphatic hydroxyl groups is 1. The largest absolute Gasteiger partial charge is 0.472 e. The zero-order chi connectivity index (χ0) is 61.5. The van der Waals surface area contributed by atoms with Crippen molar-refractivity contribution in [3.8, 4) is 0 Å². The van der Waals surface area contributed by atoms with Crippen molar-refractivity contribution in [1.82, 2.24) is 0 Å². The molecule has 6 atom stereocenters. The van der Waals surface area contributed by atoms with Crippen LogP contribution in [0.5, 0.6) is 0 Å². The number of aliphatic hydroxyl groups excluding tert-OH is 1. The van der Waals surface area contributed by atoms with E-state index in [-0.39, 0.29) is 25.7 Å². The summed E-state index contributed by atoms with van der Waals surface area (Å²) in [5, 5.41) is 10.5. The molecular formula is C64H124O17P2. The molecule has 0 rings (SSSR count). The van der Waals surface area contributed by atoms with E-state index in [9.17, 15) is 43.2 Å². The number of hydrogen-bond donors (Lipinski definition) is 3. The maximum atomic E-state index is 13.0. The van der Waals surface area contributed by atoms with E-state index in [0.29, 0.717) is 25.7 Å². The molecule has 0 aromatic heterocycles. The fourth-order valence-electron chi connectivity index (χ4n) is 9.50. The summed E-state index contributed by atoms with van der Waals surface area (Å²) in [5.74, 6) is -0.623. The lowest BCUT2D eigenvalue weighted by molar-refractivity contribution is -0.161. The average Bonchev–Trinajstić information content (AvgIpc) is 3.46. The maximum absolute atomic E-state index is 13.0. The van der Waals surface area contributed by atoms with Gasteiger partial charge in [-0.1, -0.05) is 266 Å². The van der Waals surface area contributed by atoms with Gasteiger partial charge in [-0.3, -0.25) is 37.3 Å². The number of phosphoric acid groups is 2. The van der Waals surface area contributed by atoms with Crippen LogP contribution in [0.2, 0.25) is 0 Å². The van der Waals surface area contributed by atoms with Gasteiger partial charge < -0.3 is 33.8 Å². The van der Waals surface area contributed by atoms with Gasteiger partial charge in [0.2, 0.25) is 0 Å². The molecule has 17 nitrogen and oxygen atoms in total. The molecule has 492 valence electrons. The van der Waals surface area contributed by atoms with Crippen LogP contribution in [0.25, 0.3) is 0 Å². The highest BCUT2D eigenvalue weighted by molar-refractivity contribution is 7.47. The lowest BCUT2D eigenvalue weighted by Crippen LogP contribution is -2.30. The first-order chi connectivity index (χ1) is 39.9. The average molecular weight is 1230 g/mol. The van der Waals surface area contributed by atoms with Gasteiger partial charge in [0, 0.05) is 25.7 Å². The van der Waals surface area contributed by atoms with Crippen molar-refractivity contribution < 1.29 is 80.2 Å². The zero-order valence-corrected chi connectivity index (χ0v) is 55.3. The summed E-state index contributed by atoms with van der Waals surface area (Å²) in [7, 11) is -9.88. The lowest BCUT2D eigenvalue weighted by atomic mass is 9.99. The Bertz CT molecular complexity index is 1630. The first-order valence-electron chi connectivity index (χ1n) is 33.5. The van der Waals surface area contributed by atoms with Crippen LogP contribution < -0.4 is 0 Å². The summed E-state index contributed by atoms with van der Waals surface area (Å²) in [4.78, 5) is 72.1. The molecular weight excluding hydrogens is 1100 g/mol. The van der Waals surface area contributed by atoms with Crippen molar-refractivity contribution in [3.63, 3.8) is 0 Å². The fraction of sp³-hybridized carbons (Fsp3) is 0.938. The van der Waals surface area contributed by atoms with E-state index in [1.165, 1.54) is 122 Å². The molecule has 0 radical (unpaired) electrons. The third-order valence-corrected chi connectivity index (χ3v) is 17.0. The molecule has 0 aliphatic heterocycles. The number of carbonyl (C=O) groups excluding carboxylic acids is 4. The van der Waals surface area contributed by atoms with Crippen molar-refractivity contribution in [1.29, 1.82) is 0 Å². The van der Waals surface area contributed by atoms with Gasteiger partial charge in [0.15, 0.2) is 12.2 Å². The number of phosphoric ester groups is 2. The standard InChI is InChI=1S/C64H124O17P2/c1-7-10-12-14-16-17-18-19-22-30-36-42-48-63(68)80-59(52-74-61(66)46-40-34-26-15-13-11-8-2)54-78-82(70,71)76-50-58(65)51-77-83(72,73)79-55-60(81-64(69)49-43-37-31-23-20-21-27-32-38-44-56(4)5)53-75-62(67)47-41-35-29-25-24-28-33-39-45-57(6)9-3/h56-60,65H,7-55H2,1-6H3,(H,70,71)(H,72,73)/t57?,58-,59+,60+/m0/s1. The lowest BCUT2D eigenvalue weighted by Gasteiger charge is -2.21. The second-order valence-electron chi connectivity index (χ2n) is 23.9. The van der Waals surface area contributed by atoms with Crippen molar-refractivity contribution in [2.45, 2.75) is 336 Å². The van der Waals surface area contributed by atoms with Gasteiger partial charge in [0.05, 0.1) is 26.4 Å². The SMILES string of the molecule is CCCCCCCCCCCCCCC(=O)O[C@H](COC(=O)CCCCCCCCC)COP(=O)(O)OC[C@H](O)COP(=O)(O)OC[C@@H](COC(=O)CCCCCCCCCCC(C)CC)OC(=O)CCCCCCCCCCCC(C)C. The Balaban J connectivity index is 5.23. The van der Waals surface area contributed by atoms with E-state index in [1.54, 1.807) is 0 Å². The van der Waals surface area contributed by atoms with Gasteiger partial charge in [-0.15, -0.1) is 0 Å². The monoisotopic (exact) mass is 1230 g/mol. The summed E-state index contributed by atoms with van der Waals surface area (Å²) in [6.45, 7) is 9.44. The molecule has 0 aliphatic carbocycles. The predicted molar refractivity (Wildman–Crippen MR) is 331 cm³/mol. The Labute approximate surface area is 505 Å². The molecule has 3 N–H and O–H groups in total. The van der Waals surface area contributed by atoms with E-state index in [1.807, 2.05) is 0 Å². The second-order valence-corrected chi connectivity index (χ2v) is 26.8. The van der Waals surface area contributed by atoms with Crippen LogP contribution in [0.15, 0.2) is 0 Å². The molecule has 0 aromatic rings. The molecule has 0 aromatic carbocycles. The van der Waals surface area contributed by atoms with Crippen molar-refractivity contribution in [3.05, 3.63) is 0 Å². The third kappa shape index (κ3) is 57.6. The van der Waals surface area contributed by atoms with Crippen LogP contribution in [-0.2, 0) is 65.4 Å². The highest BCUT2D eigenvalue weighted by Gasteiger charge is 2.30. The minimum atomic E-state index is -4.94. The number of esters is 4. The maximum Gasteiger partial charge on any atom is 0.472 e. The van der Waals surface area contributed by atoms with E-state index >= 15 is 0 Å². The Morgan fingerprint density at radius 3 is 0.916 bits per heavy atom. The highest BCUT2D eigenvalue weighted by atomic mass is 31.2. The van der Waals surface area contributed by atoms with E-state index in [2.05, 4.69) is 41.5 Å². The Hall–Kier alpha value is -1.94. The van der Waals surface area contributed by atoms with Gasteiger partial charge in [-0.25, -0.2) is 9.13 Å². The third-order valence-electron chi connectivity index (χ3n) is 15.1. The summed E-state index contributed by atoms with van der Waals surface area (Å²) >= 11 is 0. The topological polar surface area (TPSA) is 237 Å². The molecule has 0 heterocycles. The van der Waals surface area contributed by atoms with Gasteiger partial charge in [-0.05, 0) is 37.5 Å².